The Morgan fingerprint density at radius 3 is 1.89 bits per heavy atom. The number of ether oxygens (including phenoxy) is 4. The van der Waals surface area contributed by atoms with E-state index in [1.165, 1.54) is 12.1 Å². The summed E-state index contributed by atoms with van der Waals surface area (Å²) >= 11 is 0. The summed E-state index contributed by atoms with van der Waals surface area (Å²) in [6, 6.07) is 3.07. The third kappa shape index (κ3) is 10.0. The maximum Gasteiger partial charge on any atom is 0.508 e. The first-order chi connectivity index (χ1) is 17.1. The minimum atomic E-state index is -1.37. The standard InChI is InChI=1S/C27H41NO9/c1-9-15(3)24(31)35-19-12-11-18(13-20(19)36-25(32)16(4)10-2)21(22(28)23(29)30)17(5)14-34-26(33)37-27(6,7)8/h11-13,15-17,21-22H,9-10,14,28H2,1-8H3,(H,29,30)/t15?,16?,17?,21?,22-/m0/s1. The van der Waals surface area contributed by atoms with E-state index in [4.69, 9.17) is 24.7 Å². The molecule has 0 aliphatic rings. The van der Waals surface area contributed by atoms with Crippen LogP contribution in [0.1, 0.15) is 79.7 Å². The largest absolute Gasteiger partial charge is 0.508 e. The number of hydrogen-bond donors (Lipinski definition) is 2. The molecule has 0 aromatic heterocycles. The molecule has 1 aromatic rings. The van der Waals surface area contributed by atoms with Crippen LogP contribution in [0.5, 0.6) is 11.5 Å². The van der Waals surface area contributed by atoms with E-state index >= 15 is 0 Å². The minimum Gasteiger partial charge on any atom is -0.480 e. The number of rotatable bonds is 12. The fraction of sp³-hybridized carbons (Fsp3) is 0.630. The molecule has 0 radical (unpaired) electrons. The van der Waals surface area contributed by atoms with Crippen molar-refractivity contribution in [3.05, 3.63) is 23.8 Å². The molecule has 0 aliphatic heterocycles. The van der Waals surface area contributed by atoms with Crippen LogP contribution < -0.4 is 15.2 Å². The van der Waals surface area contributed by atoms with Gasteiger partial charge in [-0.15, -0.1) is 0 Å². The molecule has 4 unspecified atom stereocenters. The lowest BCUT2D eigenvalue weighted by atomic mass is 9.82. The molecular weight excluding hydrogens is 482 g/mol. The van der Waals surface area contributed by atoms with Crippen molar-refractivity contribution >= 4 is 24.1 Å². The lowest BCUT2D eigenvalue weighted by Gasteiger charge is -2.28. The highest BCUT2D eigenvalue weighted by molar-refractivity contribution is 5.79. The molecule has 3 N–H and O–H groups in total. The Balaban J connectivity index is 3.39. The molecule has 0 saturated carbocycles. The van der Waals surface area contributed by atoms with E-state index < -0.39 is 53.5 Å². The summed E-state index contributed by atoms with van der Waals surface area (Å²) in [6.07, 6.45) is 0.202. The summed E-state index contributed by atoms with van der Waals surface area (Å²) in [7, 11) is 0. The van der Waals surface area contributed by atoms with Gasteiger partial charge >= 0.3 is 24.1 Å². The number of hydrogen-bond acceptors (Lipinski definition) is 9. The van der Waals surface area contributed by atoms with E-state index in [0.717, 1.165) is 0 Å². The van der Waals surface area contributed by atoms with Crippen LogP contribution >= 0.6 is 0 Å². The zero-order valence-corrected chi connectivity index (χ0v) is 23.0. The van der Waals surface area contributed by atoms with Crippen LogP contribution in [0.4, 0.5) is 4.79 Å². The number of esters is 2. The molecule has 0 saturated heterocycles. The average Bonchev–Trinajstić information content (AvgIpc) is 2.81. The number of carbonyl (C=O) groups excluding carboxylic acids is 3. The molecule has 5 atom stereocenters. The zero-order chi connectivity index (χ0) is 28.5. The zero-order valence-electron chi connectivity index (χ0n) is 23.0. The molecule has 1 aromatic carbocycles. The fourth-order valence-corrected chi connectivity index (χ4v) is 3.27. The highest BCUT2D eigenvalue weighted by atomic mass is 16.7. The molecule has 0 heterocycles. The van der Waals surface area contributed by atoms with Gasteiger partial charge < -0.3 is 29.8 Å². The number of benzene rings is 1. The van der Waals surface area contributed by atoms with E-state index in [1.54, 1.807) is 47.6 Å². The predicted molar refractivity (Wildman–Crippen MR) is 136 cm³/mol. The Morgan fingerprint density at radius 1 is 0.919 bits per heavy atom. The van der Waals surface area contributed by atoms with E-state index in [9.17, 15) is 24.3 Å². The highest BCUT2D eigenvalue weighted by Gasteiger charge is 2.33. The van der Waals surface area contributed by atoms with Gasteiger partial charge in [-0.1, -0.05) is 40.7 Å². The van der Waals surface area contributed by atoms with Crippen molar-refractivity contribution in [1.82, 2.24) is 0 Å². The average molecular weight is 524 g/mol. The molecule has 0 aliphatic carbocycles. The Bertz CT molecular complexity index is 954. The van der Waals surface area contributed by atoms with Gasteiger partial charge in [0.15, 0.2) is 11.5 Å². The van der Waals surface area contributed by atoms with Gasteiger partial charge in [-0.25, -0.2) is 4.79 Å². The maximum absolute atomic E-state index is 12.6. The van der Waals surface area contributed by atoms with Crippen molar-refractivity contribution in [2.24, 2.45) is 23.5 Å². The second-order valence-electron chi connectivity index (χ2n) is 10.3. The number of aliphatic carboxylic acids is 1. The Hall–Kier alpha value is -3.14. The van der Waals surface area contributed by atoms with Crippen LogP contribution in [-0.2, 0) is 23.9 Å². The molecule has 0 amide bonds. The van der Waals surface area contributed by atoms with Crippen LogP contribution in [0.3, 0.4) is 0 Å². The first-order valence-electron chi connectivity index (χ1n) is 12.5. The van der Waals surface area contributed by atoms with Crippen LogP contribution in [-0.4, -0.2) is 47.4 Å². The maximum atomic E-state index is 12.6. The lowest BCUT2D eigenvalue weighted by molar-refractivity contribution is -0.141. The first-order valence-corrected chi connectivity index (χ1v) is 12.5. The first kappa shape index (κ1) is 31.9. The molecule has 1 rings (SSSR count). The SMILES string of the molecule is CCC(C)C(=O)Oc1ccc(C(C(C)COC(=O)OC(C)(C)C)[C@H](N)C(=O)O)cc1OC(=O)C(C)CC. The van der Waals surface area contributed by atoms with Crippen molar-refractivity contribution in [1.29, 1.82) is 0 Å². The topological polar surface area (TPSA) is 151 Å². The Morgan fingerprint density at radius 2 is 1.43 bits per heavy atom. The summed E-state index contributed by atoms with van der Waals surface area (Å²) in [5, 5.41) is 9.66. The summed E-state index contributed by atoms with van der Waals surface area (Å²) in [5.74, 6) is -4.48. The summed E-state index contributed by atoms with van der Waals surface area (Å²) in [5.41, 5.74) is 5.69. The summed E-state index contributed by atoms with van der Waals surface area (Å²) in [6.45, 7) is 13.7. The van der Waals surface area contributed by atoms with Crippen molar-refractivity contribution in [3.63, 3.8) is 0 Å². The van der Waals surface area contributed by atoms with Crippen molar-refractivity contribution in [2.75, 3.05) is 6.61 Å². The fourth-order valence-electron chi connectivity index (χ4n) is 3.27. The van der Waals surface area contributed by atoms with Crippen LogP contribution in [0.2, 0.25) is 0 Å². The number of nitrogens with two attached hydrogens (primary N) is 1. The van der Waals surface area contributed by atoms with Gasteiger partial charge in [0.1, 0.15) is 11.6 Å². The van der Waals surface area contributed by atoms with Gasteiger partial charge in [0.2, 0.25) is 0 Å². The third-order valence-corrected chi connectivity index (χ3v) is 5.94. The van der Waals surface area contributed by atoms with Gasteiger partial charge in [-0.2, -0.15) is 0 Å². The summed E-state index contributed by atoms with van der Waals surface area (Å²) in [4.78, 5) is 48.9. The van der Waals surface area contributed by atoms with Gasteiger partial charge in [0.05, 0.1) is 18.4 Å². The molecular formula is C27H41NO9. The monoisotopic (exact) mass is 523 g/mol. The molecule has 10 nitrogen and oxygen atoms in total. The summed E-state index contributed by atoms with van der Waals surface area (Å²) < 4.78 is 21.4. The van der Waals surface area contributed by atoms with Gasteiger partial charge in [-0.05, 0) is 57.2 Å². The Labute approximate surface area is 218 Å². The quantitative estimate of drug-likeness (QED) is 0.292. The van der Waals surface area contributed by atoms with Crippen molar-refractivity contribution in [3.8, 4) is 11.5 Å². The lowest BCUT2D eigenvalue weighted by Crippen LogP contribution is -2.41. The molecule has 10 heteroatoms. The molecule has 37 heavy (non-hydrogen) atoms. The minimum absolute atomic E-state index is 0.0256. The van der Waals surface area contributed by atoms with Crippen molar-refractivity contribution < 1.29 is 43.2 Å². The van der Waals surface area contributed by atoms with Gasteiger partial charge in [0.25, 0.3) is 0 Å². The van der Waals surface area contributed by atoms with Gasteiger partial charge in [-0.3, -0.25) is 14.4 Å². The van der Waals surface area contributed by atoms with Crippen molar-refractivity contribution in [2.45, 2.75) is 85.8 Å². The van der Waals surface area contributed by atoms with Gasteiger partial charge in [0, 0.05) is 5.92 Å². The number of carbonyl (C=O) groups is 4. The molecule has 0 fully saturated rings. The highest BCUT2D eigenvalue weighted by Crippen LogP contribution is 2.36. The van der Waals surface area contributed by atoms with E-state index in [0.29, 0.717) is 18.4 Å². The second kappa shape index (κ2) is 14.0. The smallest absolute Gasteiger partial charge is 0.480 e. The third-order valence-electron chi connectivity index (χ3n) is 5.94. The molecule has 0 spiro atoms. The van der Waals surface area contributed by atoms with Crippen LogP contribution in [0.15, 0.2) is 18.2 Å². The second-order valence-corrected chi connectivity index (χ2v) is 10.3. The predicted octanol–water partition coefficient (Wildman–Crippen LogP) is 4.67. The Kier molecular flexibility index (Phi) is 12.0. The molecule has 208 valence electrons. The van der Waals surface area contributed by atoms with E-state index in [-0.39, 0.29) is 24.0 Å². The van der Waals surface area contributed by atoms with E-state index in [1.807, 2.05) is 13.8 Å². The molecule has 0 bridgehead atoms. The van der Waals surface area contributed by atoms with E-state index in [2.05, 4.69) is 0 Å². The normalized spacial score (nSPS) is 15.5. The number of carboxylic acids is 1. The van der Waals surface area contributed by atoms with Crippen LogP contribution in [0.25, 0.3) is 0 Å². The number of carboxylic acid groups (broad SMARTS) is 1. The van der Waals surface area contributed by atoms with Crippen LogP contribution in [0, 0.1) is 17.8 Å².